The van der Waals surface area contributed by atoms with Gasteiger partial charge < -0.3 is 10.1 Å². The van der Waals surface area contributed by atoms with Crippen molar-refractivity contribution in [3.05, 3.63) is 0 Å². The van der Waals surface area contributed by atoms with Crippen molar-refractivity contribution in [3.63, 3.8) is 0 Å². The van der Waals surface area contributed by atoms with Crippen molar-refractivity contribution in [2.45, 2.75) is 59.4 Å². The Morgan fingerprint density at radius 3 is 2.35 bits per heavy atom. The van der Waals surface area contributed by atoms with Gasteiger partial charge in [-0.3, -0.25) is 4.79 Å². The molecule has 0 unspecified atom stereocenters. The van der Waals surface area contributed by atoms with Crippen LogP contribution in [-0.4, -0.2) is 25.2 Å². The summed E-state index contributed by atoms with van der Waals surface area (Å²) in [5, 5.41) is 3.07. The fraction of sp³-hybridized carbons (Fsp3) is 0.929. The van der Waals surface area contributed by atoms with E-state index >= 15 is 0 Å². The van der Waals surface area contributed by atoms with Crippen molar-refractivity contribution >= 4 is 5.91 Å². The Balaban J connectivity index is 2.25. The summed E-state index contributed by atoms with van der Waals surface area (Å²) in [5.74, 6) is 0.751. The highest BCUT2D eigenvalue weighted by Gasteiger charge is 2.36. The molecule has 1 amide bonds. The average molecular weight is 241 g/mol. The van der Waals surface area contributed by atoms with Gasteiger partial charge in [-0.05, 0) is 25.7 Å². The van der Waals surface area contributed by atoms with E-state index in [4.69, 9.17) is 4.74 Å². The van der Waals surface area contributed by atoms with Crippen LogP contribution in [-0.2, 0) is 9.53 Å². The minimum atomic E-state index is -0.133. The third-order valence-electron chi connectivity index (χ3n) is 3.45. The van der Waals surface area contributed by atoms with Crippen LogP contribution in [0, 0.1) is 11.3 Å². The number of amides is 1. The standard InChI is InChI=1S/C14H27NO2/c1-11(2)9-17-10-12(3)15-13(16)14(4)7-5-6-8-14/h11-12H,5-10H2,1-4H3,(H,15,16)/t12-/m0/s1. The molecule has 1 rings (SSSR count). The number of hydrogen-bond acceptors (Lipinski definition) is 2. The van der Waals surface area contributed by atoms with E-state index in [9.17, 15) is 4.79 Å². The Bertz CT molecular complexity index is 245. The van der Waals surface area contributed by atoms with Gasteiger partial charge in [0.25, 0.3) is 0 Å². The maximum absolute atomic E-state index is 12.1. The van der Waals surface area contributed by atoms with Gasteiger partial charge in [0.2, 0.25) is 5.91 Å². The zero-order valence-corrected chi connectivity index (χ0v) is 11.7. The van der Waals surface area contributed by atoms with Crippen molar-refractivity contribution in [1.82, 2.24) is 5.32 Å². The largest absolute Gasteiger partial charge is 0.379 e. The van der Waals surface area contributed by atoms with Crippen LogP contribution in [0.2, 0.25) is 0 Å². The summed E-state index contributed by atoms with van der Waals surface area (Å²) >= 11 is 0. The molecule has 0 aromatic carbocycles. The summed E-state index contributed by atoms with van der Waals surface area (Å²) < 4.78 is 5.54. The molecular formula is C14H27NO2. The van der Waals surface area contributed by atoms with E-state index < -0.39 is 0 Å². The summed E-state index contributed by atoms with van der Waals surface area (Å²) in [4.78, 5) is 12.1. The van der Waals surface area contributed by atoms with Crippen LogP contribution in [0.3, 0.4) is 0 Å². The third-order valence-corrected chi connectivity index (χ3v) is 3.45. The molecule has 0 saturated heterocycles. The van der Waals surface area contributed by atoms with Crippen LogP contribution in [0.4, 0.5) is 0 Å². The molecule has 100 valence electrons. The third kappa shape index (κ3) is 4.66. The quantitative estimate of drug-likeness (QED) is 0.776. The summed E-state index contributed by atoms with van der Waals surface area (Å²) in [5.41, 5.74) is -0.133. The van der Waals surface area contributed by atoms with Crippen LogP contribution in [0.15, 0.2) is 0 Å². The van der Waals surface area contributed by atoms with Gasteiger partial charge in [-0.2, -0.15) is 0 Å². The van der Waals surface area contributed by atoms with E-state index in [1.54, 1.807) is 0 Å². The highest BCUT2D eigenvalue weighted by molar-refractivity contribution is 5.82. The fourth-order valence-corrected chi connectivity index (χ4v) is 2.30. The first-order valence-corrected chi connectivity index (χ1v) is 6.83. The Labute approximate surface area is 105 Å². The molecule has 3 nitrogen and oxygen atoms in total. The molecule has 1 fully saturated rings. The lowest BCUT2D eigenvalue weighted by Crippen LogP contribution is -2.43. The molecule has 0 aromatic rings. The lowest BCUT2D eigenvalue weighted by molar-refractivity contribution is -0.131. The predicted molar refractivity (Wildman–Crippen MR) is 69.8 cm³/mol. The summed E-state index contributed by atoms with van der Waals surface area (Å²) in [6.07, 6.45) is 4.42. The van der Waals surface area contributed by atoms with Crippen LogP contribution in [0.1, 0.15) is 53.4 Å². The molecule has 1 atom stereocenters. The van der Waals surface area contributed by atoms with E-state index in [2.05, 4.69) is 26.1 Å². The molecule has 0 heterocycles. The molecule has 3 heteroatoms. The van der Waals surface area contributed by atoms with Crippen LogP contribution < -0.4 is 5.32 Å². The zero-order valence-electron chi connectivity index (χ0n) is 11.7. The minimum absolute atomic E-state index is 0.110. The summed E-state index contributed by atoms with van der Waals surface area (Å²) in [6, 6.07) is 0.110. The number of ether oxygens (including phenoxy) is 1. The average Bonchev–Trinajstić information content (AvgIpc) is 2.66. The number of nitrogens with one attached hydrogen (secondary N) is 1. The number of carbonyl (C=O) groups excluding carboxylic acids is 1. The Hall–Kier alpha value is -0.570. The predicted octanol–water partition coefficient (Wildman–Crippen LogP) is 2.74. The van der Waals surface area contributed by atoms with Gasteiger partial charge in [0, 0.05) is 18.1 Å². The monoisotopic (exact) mass is 241 g/mol. The second-order valence-electron chi connectivity index (χ2n) is 6.07. The highest BCUT2D eigenvalue weighted by Crippen LogP contribution is 2.37. The second-order valence-corrected chi connectivity index (χ2v) is 6.07. The number of carbonyl (C=O) groups is 1. The fourth-order valence-electron chi connectivity index (χ4n) is 2.30. The number of rotatable bonds is 6. The molecule has 1 saturated carbocycles. The molecule has 17 heavy (non-hydrogen) atoms. The molecule has 1 N–H and O–H groups in total. The van der Waals surface area contributed by atoms with E-state index in [1.165, 1.54) is 12.8 Å². The van der Waals surface area contributed by atoms with Crippen molar-refractivity contribution < 1.29 is 9.53 Å². The Kier molecular flexibility index (Phi) is 5.44. The molecule has 0 aromatic heterocycles. The number of hydrogen-bond donors (Lipinski definition) is 1. The van der Waals surface area contributed by atoms with Gasteiger partial charge in [0.15, 0.2) is 0 Å². The summed E-state index contributed by atoms with van der Waals surface area (Å²) in [6.45, 7) is 9.72. The normalized spacial score (nSPS) is 20.5. The van der Waals surface area contributed by atoms with Gasteiger partial charge >= 0.3 is 0 Å². The van der Waals surface area contributed by atoms with Gasteiger partial charge in [-0.1, -0.05) is 33.6 Å². The van der Waals surface area contributed by atoms with Gasteiger partial charge in [0.05, 0.1) is 6.61 Å². The highest BCUT2D eigenvalue weighted by atomic mass is 16.5. The first-order valence-electron chi connectivity index (χ1n) is 6.83. The van der Waals surface area contributed by atoms with Crippen molar-refractivity contribution in [2.24, 2.45) is 11.3 Å². The van der Waals surface area contributed by atoms with Crippen molar-refractivity contribution in [1.29, 1.82) is 0 Å². The van der Waals surface area contributed by atoms with Gasteiger partial charge in [-0.25, -0.2) is 0 Å². The first-order chi connectivity index (χ1) is 7.94. The topological polar surface area (TPSA) is 38.3 Å². The lowest BCUT2D eigenvalue weighted by Gasteiger charge is -2.25. The zero-order chi connectivity index (χ0) is 12.9. The van der Waals surface area contributed by atoms with Crippen LogP contribution in [0.5, 0.6) is 0 Å². The molecule has 0 aliphatic heterocycles. The maximum Gasteiger partial charge on any atom is 0.226 e. The van der Waals surface area contributed by atoms with Gasteiger partial charge in [-0.15, -0.1) is 0 Å². The molecule has 0 bridgehead atoms. The molecular weight excluding hydrogens is 214 g/mol. The van der Waals surface area contributed by atoms with Crippen LogP contribution in [0.25, 0.3) is 0 Å². The van der Waals surface area contributed by atoms with E-state index in [1.807, 2.05) is 6.92 Å². The SMILES string of the molecule is CC(C)COC[C@H](C)NC(=O)C1(C)CCCC1. The Morgan fingerprint density at radius 2 is 1.82 bits per heavy atom. The minimum Gasteiger partial charge on any atom is -0.379 e. The molecule has 0 spiro atoms. The second kappa shape index (κ2) is 6.39. The lowest BCUT2D eigenvalue weighted by atomic mass is 9.87. The van der Waals surface area contributed by atoms with Crippen molar-refractivity contribution in [2.75, 3.05) is 13.2 Å². The van der Waals surface area contributed by atoms with E-state index in [0.29, 0.717) is 12.5 Å². The van der Waals surface area contributed by atoms with E-state index in [-0.39, 0.29) is 17.4 Å². The smallest absolute Gasteiger partial charge is 0.226 e. The van der Waals surface area contributed by atoms with Gasteiger partial charge in [0.1, 0.15) is 0 Å². The van der Waals surface area contributed by atoms with Crippen LogP contribution >= 0.6 is 0 Å². The molecule has 1 aliphatic carbocycles. The molecule has 0 radical (unpaired) electrons. The first kappa shape index (κ1) is 14.5. The van der Waals surface area contributed by atoms with E-state index in [0.717, 1.165) is 19.4 Å². The Morgan fingerprint density at radius 1 is 1.24 bits per heavy atom. The van der Waals surface area contributed by atoms with Crippen molar-refractivity contribution in [3.8, 4) is 0 Å². The summed E-state index contributed by atoms with van der Waals surface area (Å²) in [7, 11) is 0. The maximum atomic E-state index is 12.1. The molecule has 1 aliphatic rings.